The van der Waals surface area contributed by atoms with Crippen molar-refractivity contribution in [3.8, 4) is 11.4 Å². The van der Waals surface area contributed by atoms with Crippen LogP contribution < -0.4 is 10.5 Å². The highest BCUT2D eigenvalue weighted by Gasteiger charge is 2.19. The molecule has 0 fully saturated rings. The van der Waals surface area contributed by atoms with Gasteiger partial charge in [0.25, 0.3) is 0 Å². The molecule has 0 radical (unpaired) electrons. The molecule has 0 aliphatic rings. The highest BCUT2D eigenvalue weighted by atomic mass is 16.5. The van der Waals surface area contributed by atoms with Crippen molar-refractivity contribution in [2.24, 2.45) is 0 Å². The molecule has 110 valence electrons. The van der Waals surface area contributed by atoms with Crippen molar-refractivity contribution in [1.82, 2.24) is 19.3 Å². The van der Waals surface area contributed by atoms with Crippen molar-refractivity contribution < 1.29 is 4.74 Å². The van der Waals surface area contributed by atoms with E-state index < -0.39 is 0 Å². The first-order chi connectivity index (χ1) is 10.1. The van der Waals surface area contributed by atoms with Crippen LogP contribution in [-0.4, -0.2) is 26.4 Å². The predicted octanol–water partition coefficient (Wildman–Crippen LogP) is 2.45. The van der Waals surface area contributed by atoms with E-state index in [1.165, 1.54) is 0 Å². The molecule has 3 rings (SSSR count). The van der Waals surface area contributed by atoms with E-state index in [4.69, 9.17) is 10.5 Å². The van der Waals surface area contributed by atoms with Gasteiger partial charge in [-0.25, -0.2) is 9.67 Å². The molecule has 1 aromatic carbocycles. The maximum absolute atomic E-state index is 6.14. The Hall–Kier alpha value is -2.50. The molecule has 21 heavy (non-hydrogen) atoms. The van der Waals surface area contributed by atoms with Crippen LogP contribution in [0.3, 0.4) is 0 Å². The van der Waals surface area contributed by atoms with E-state index in [0.717, 1.165) is 40.4 Å². The van der Waals surface area contributed by atoms with Crippen LogP contribution in [0, 0.1) is 13.8 Å². The van der Waals surface area contributed by atoms with Crippen LogP contribution in [0.1, 0.15) is 18.2 Å². The number of rotatable bonds is 3. The molecule has 0 aliphatic carbocycles. The van der Waals surface area contributed by atoms with Gasteiger partial charge in [0, 0.05) is 6.54 Å². The zero-order valence-electron chi connectivity index (χ0n) is 12.7. The third-order valence-electron chi connectivity index (χ3n) is 3.68. The van der Waals surface area contributed by atoms with Crippen LogP contribution >= 0.6 is 0 Å². The molecule has 2 heterocycles. The SMILES string of the molecule is CCn1nc(C)c2nc(N)n(-c3ccc(OC)cc3C)c21. The highest BCUT2D eigenvalue weighted by molar-refractivity contribution is 5.80. The van der Waals surface area contributed by atoms with Crippen molar-refractivity contribution in [2.45, 2.75) is 27.3 Å². The number of aryl methyl sites for hydroxylation is 3. The van der Waals surface area contributed by atoms with E-state index in [2.05, 4.69) is 17.0 Å². The van der Waals surface area contributed by atoms with E-state index >= 15 is 0 Å². The van der Waals surface area contributed by atoms with Crippen molar-refractivity contribution in [2.75, 3.05) is 12.8 Å². The van der Waals surface area contributed by atoms with Crippen LogP contribution in [0.5, 0.6) is 5.75 Å². The summed E-state index contributed by atoms with van der Waals surface area (Å²) in [6.07, 6.45) is 0. The molecular weight excluding hydrogens is 266 g/mol. The van der Waals surface area contributed by atoms with E-state index in [0.29, 0.717) is 5.95 Å². The minimum absolute atomic E-state index is 0.473. The average molecular weight is 285 g/mol. The molecule has 0 bridgehead atoms. The quantitative estimate of drug-likeness (QED) is 0.802. The van der Waals surface area contributed by atoms with Gasteiger partial charge in [0.15, 0.2) is 5.65 Å². The Kier molecular flexibility index (Phi) is 3.08. The standard InChI is InChI=1S/C15H19N5O/c1-5-19-14-13(10(3)18-19)17-15(16)20(14)12-7-6-11(21-4)8-9(12)2/h6-8H,5H2,1-4H3,(H2,16,17). The summed E-state index contributed by atoms with van der Waals surface area (Å²) >= 11 is 0. The smallest absolute Gasteiger partial charge is 0.207 e. The molecule has 6 heteroatoms. The molecular formula is C15H19N5O. The summed E-state index contributed by atoms with van der Waals surface area (Å²) in [5, 5.41) is 4.51. The van der Waals surface area contributed by atoms with Crippen LogP contribution in [0.15, 0.2) is 18.2 Å². The second kappa shape index (κ2) is 4.80. The van der Waals surface area contributed by atoms with E-state index in [1.54, 1.807) is 7.11 Å². The third-order valence-corrected chi connectivity index (χ3v) is 3.68. The van der Waals surface area contributed by atoms with E-state index in [9.17, 15) is 0 Å². The summed E-state index contributed by atoms with van der Waals surface area (Å²) in [6.45, 7) is 6.81. The van der Waals surface area contributed by atoms with Crippen LogP contribution in [0.25, 0.3) is 16.9 Å². The second-order valence-electron chi connectivity index (χ2n) is 5.03. The lowest BCUT2D eigenvalue weighted by Crippen LogP contribution is -2.07. The lowest BCUT2D eigenvalue weighted by Gasteiger charge is -2.12. The number of imidazole rings is 1. The summed E-state index contributed by atoms with van der Waals surface area (Å²) in [5.74, 6) is 1.30. The Labute approximate surface area is 123 Å². The number of fused-ring (bicyclic) bond motifs is 1. The fourth-order valence-electron chi connectivity index (χ4n) is 2.65. The number of nitrogens with two attached hydrogens (primary N) is 1. The molecule has 2 aromatic heterocycles. The van der Waals surface area contributed by atoms with Gasteiger partial charge in [-0.3, -0.25) is 4.57 Å². The minimum Gasteiger partial charge on any atom is -0.497 e. The first kappa shape index (κ1) is 13.5. The number of aromatic nitrogens is 4. The van der Waals surface area contributed by atoms with Gasteiger partial charge >= 0.3 is 0 Å². The van der Waals surface area contributed by atoms with Gasteiger partial charge in [0.2, 0.25) is 5.95 Å². The van der Waals surface area contributed by atoms with Crippen LogP contribution in [0.2, 0.25) is 0 Å². The number of ether oxygens (including phenoxy) is 1. The minimum atomic E-state index is 0.473. The monoisotopic (exact) mass is 285 g/mol. The van der Waals surface area contributed by atoms with Gasteiger partial charge in [-0.15, -0.1) is 0 Å². The maximum Gasteiger partial charge on any atom is 0.207 e. The second-order valence-corrected chi connectivity index (χ2v) is 5.03. The summed E-state index contributed by atoms with van der Waals surface area (Å²) < 4.78 is 9.14. The fourth-order valence-corrected chi connectivity index (χ4v) is 2.65. The maximum atomic E-state index is 6.14. The molecule has 2 N–H and O–H groups in total. The van der Waals surface area contributed by atoms with Crippen LogP contribution in [-0.2, 0) is 6.54 Å². The molecule has 0 saturated carbocycles. The van der Waals surface area contributed by atoms with E-state index in [-0.39, 0.29) is 0 Å². The highest BCUT2D eigenvalue weighted by Crippen LogP contribution is 2.28. The summed E-state index contributed by atoms with van der Waals surface area (Å²) in [7, 11) is 1.66. The number of hydrogen-bond donors (Lipinski definition) is 1. The predicted molar refractivity (Wildman–Crippen MR) is 83.0 cm³/mol. The molecule has 0 atom stereocenters. The number of nitrogens with zero attached hydrogens (tertiary/aromatic N) is 4. The number of hydrogen-bond acceptors (Lipinski definition) is 4. The molecule has 0 spiro atoms. The zero-order chi connectivity index (χ0) is 15.1. The molecule has 0 saturated heterocycles. The van der Waals surface area contributed by atoms with Gasteiger partial charge in [-0.05, 0) is 44.5 Å². The normalized spacial score (nSPS) is 11.2. The van der Waals surface area contributed by atoms with Crippen molar-refractivity contribution >= 4 is 17.1 Å². The summed E-state index contributed by atoms with van der Waals surface area (Å²) in [4.78, 5) is 4.47. The van der Waals surface area contributed by atoms with Gasteiger partial charge < -0.3 is 10.5 Å². The number of benzene rings is 1. The first-order valence-corrected chi connectivity index (χ1v) is 6.93. The third kappa shape index (κ3) is 1.94. The Morgan fingerprint density at radius 2 is 2.05 bits per heavy atom. The van der Waals surface area contributed by atoms with Gasteiger partial charge in [-0.2, -0.15) is 5.10 Å². The van der Waals surface area contributed by atoms with Gasteiger partial charge in [0.05, 0.1) is 18.5 Å². The number of anilines is 1. The lowest BCUT2D eigenvalue weighted by molar-refractivity contribution is 0.414. The van der Waals surface area contributed by atoms with Crippen molar-refractivity contribution in [3.05, 3.63) is 29.5 Å². The molecule has 3 aromatic rings. The van der Waals surface area contributed by atoms with Crippen molar-refractivity contribution in [3.63, 3.8) is 0 Å². The molecule has 0 amide bonds. The van der Waals surface area contributed by atoms with Gasteiger partial charge in [0.1, 0.15) is 11.3 Å². The molecule has 6 nitrogen and oxygen atoms in total. The Morgan fingerprint density at radius 3 is 2.67 bits per heavy atom. The Balaban J connectivity index is 2.31. The first-order valence-electron chi connectivity index (χ1n) is 6.93. The summed E-state index contributed by atoms with van der Waals surface area (Å²) in [5.41, 5.74) is 10.9. The molecule has 0 aliphatic heterocycles. The van der Waals surface area contributed by atoms with Gasteiger partial charge in [-0.1, -0.05) is 0 Å². The zero-order valence-corrected chi connectivity index (χ0v) is 12.7. The van der Waals surface area contributed by atoms with Crippen molar-refractivity contribution in [1.29, 1.82) is 0 Å². The molecule has 0 unspecified atom stereocenters. The Bertz CT molecular complexity index is 815. The lowest BCUT2D eigenvalue weighted by atomic mass is 10.2. The number of nitrogen functional groups attached to an aromatic ring is 1. The summed E-state index contributed by atoms with van der Waals surface area (Å²) in [6, 6.07) is 5.90. The van der Waals surface area contributed by atoms with E-state index in [1.807, 2.05) is 41.3 Å². The largest absolute Gasteiger partial charge is 0.497 e. The Morgan fingerprint density at radius 1 is 1.29 bits per heavy atom. The fraction of sp³-hybridized carbons (Fsp3) is 0.333. The number of methoxy groups -OCH3 is 1. The topological polar surface area (TPSA) is 70.9 Å². The van der Waals surface area contributed by atoms with Crippen LogP contribution in [0.4, 0.5) is 5.95 Å². The average Bonchev–Trinajstić information content (AvgIpc) is 2.96.